The number of ether oxygens (including phenoxy) is 2. The molecule has 0 saturated heterocycles. The highest BCUT2D eigenvalue weighted by molar-refractivity contribution is 6.11. The quantitative estimate of drug-likeness (QED) is 0.763. The number of carbonyl (C=O) groups is 2. The van der Waals surface area contributed by atoms with Gasteiger partial charge < -0.3 is 24.9 Å². The fourth-order valence-electron chi connectivity index (χ4n) is 2.70. The summed E-state index contributed by atoms with van der Waals surface area (Å²) in [5.41, 5.74) is 6.04. The molecule has 0 saturated carbocycles. The summed E-state index contributed by atoms with van der Waals surface area (Å²) in [5, 5.41) is 3.26. The lowest BCUT2D eigenvalue weighted by Gasteiger charge is -2.25. The van der Waals surface area contributed by atoms with Crippen molar-refractivity contribution in [3.05, 3.63) is 54.3 Å². The maximum atomic E-state index is 12.6. The molecule has 1 atom stereocenters. The summed E-state index contributed by atoms with van der Waals surface area (Å²) < 4.78 is 16.7. The smallest absolute Gasteiger partial charge is 0.286 e. The Morgan fingerprint density at radius 3 is 2.56 bits per heavy atom. The lowest BCUT2D eigenvalue weighted by molar-refractivity contribution is -0.125. The van der Waals surface area contributed by atoms with E-state index in [-0.39, 0.29) is 18.1 Å². The number of para-hydroxylation sites is 3. The molecule has 3 aromatic rings. The topological polar surface area (TPSA) is 104 Å². The van der Waals surface area contributed by atoms with Crippen molar-refractivity contribution >= 4 is 28.5 Å². The third-order valence-electron chi connectivity index (χ3n) is 3.87. The minimum Gasteiger partial charge on any atom is -0.485 e. The average Bonchev–Trinajstić information content (AvgIpc) is 3.00. The van der Waals surface area contributed by atoms with Crippen LogP contribution in [0, 0.1) is 0 Å². The first kappa shape index (κ1) is 15.1. The molecule has 0 spiro atoms. The van der Waals surface area contributed by atoms with Crippen LogP contribution in [0.2, 0.25) is 0 Å². The van der Waals surface area contributed by atoms with E-state index in [4.69, 9.17) is 19.6 Å². The van der Waals surface area contributed by atoms with E-state index in [2.05, 4.69) is 5.32 Å². The zero-order chi connectivity index (χ0) is 17.4. The van der Waals surface area contributed by atoms with Gasteiger partial charge in [0.15, 0.2) is 11.5 Å². The summed E-state index contributed by atoms with van der Waals surface area (Å²) in [6.07, 6.45) is -0.857. The largest absolute Gasteiger partial charge is 0.485 e. The van der Waals surface area contributed by atoms with E-state index in [0.717, 1.165) is 0 Å². The molecule has 1 aromatic heterocycles. The number of nitrogens with two attached hydrogens (primary N) is 1. The van der Waals surface area contributed by atoms with Gasteiger partial charge in [-0.05, 0) is 24.3 Å². The molecule has 0 bridgehead atoms. The van der Waals surface area contributed by atoms with Crippen molar-refractivity contribution in [2.75, 3.05) is 11.9 Å². The van der Waals surface area contributed by atoms with Crippen molar-refractivity contribution in [2.45, 2.75) is 6.10 Å². The summed E-state index contributed by atoms with van der Waals surface area (Å²) >= 11 is 0. The standard InChI is InChI=1S/C18H14N2O5/c19-17(21)16-15(10-5-1-2-6-11(10)25-16)20-18(22)14-9-23-12-7-3-4-8-13(12)24-14/h1-8,14H,9H2,(H2,19,21)(H,20,22)/t14-/m0/s1. The molecule has 1 aliphatic heterocycles. The summed E-state index contributed by atoms with van der Waals surface area (Å²) in [6, 6.07) is 14.0. The number of primary amides is 1. The van der Waals surface area contributed by atoms with Crippen LogP contribution in [0.4, 0.5) is 5.69 Å². The molecule has 4 rings (SSSR count). The van der Waals surface area contributed by atoms with Gasteiger partial charge in [-0.15, -0.1) is 0 Å². The van der Waals surface area contributed by atoms with Crippen LogP contribution in [-0.4, -0.2) is 24.5 Å². The molecular weight excluding hydrogens is 324 g/mol. The molecule has 25 heavy (non-hydrogen) atoms. The van der Waals surface area contributed by atoms with E-state index >= 15 is 0 Å². The molecule has 2 aromatic carbocycles. The number of furan rings is 1. The van der Waals surface area contributed by atoms with Gasteiger partial charge in [0, 0.05) is 5.39 Å². The normalized spacial score (nSPS) is 15.8. The van der Waals surface area contributed by atoms with Crippen LogP contribution in [0.25, 0.3) is 11.0 Å². The first-order valence-corrected chi connectivity index (χ1v) is 7.64. The number of rotatable bonds is 3. The van der Waals surface area contributed by atoms with E-state index in [1.54, 1.807) is 42.5 Å². The number of nitrogens with one attached hydrogen (secondary N) is 1. The molecule has 7 nitrogen and oxygen atoms in total. The van der Waals surface area contributed by atoms with Crippen LogP contribution in [0.3, 0.4) is 0 Å². The molecular formula is C18H14N2O5. The molecule has 2 amide bonds. The van der Waals surface area contributed by atoms with Crippen LogP contribution < -0.4 is 20.5 Å². The maximum Gasteiger partial charge on any atom is 0.286 e. The molecule has 0 unspecified atom stereocenters. The molecule has 0 aliphatic carbocycles. The van der Waals surface area contributed by atoms with Crippen molar-refractivity contribution in [2.24, 2.45) is 5.73 Å². The van der Waals surface area contributed by atoms with Crippen LogP contribution in [0.5, 0.6) is 11.5 Å². The second-order valence-electron chi connectivity index (χ2n) is 5.52. The lowest BCUT2D eigenvalue weighted by Crippen LogP contribution is -2.40. The van der Waals surface area contributed by atoms with Crippen molar-refractivity contribution in [1.82, 2.24) is 0 Å². The van der Waals surface area contributed by atoms with Crippen molar-refractivity contribution in [3.63, 3.8) is 0 Å². The molecule has 1 aliphatic rings. The predicted octanol–water partition coefficient (Wildman–Crippen LogP) is 2.31. The first-order valence-electron chi connectivity index (χ1n) is 7.64. The Hall–Kier alpha value is -3.48. The highest BCUT2D eigenvalue weighted by Crippen LogP contribution is 2.33. The van der Waals surface area contributed by atoms with E-state index in [1.807, 2.05) is 6.07 Å². The Balaban J connectivity index is 1.62. The first-order chi connectivity index (χ1) is 12.1. The number of anilines is 1. The zero-order valence-corrected chi connectivity index (χ0v) is 13.0. The van der Waals surface area contributed by atoms with Crippen molar-refractivity contribution in [3.8, 4) is 11.5 Å². The molecule has 3 N–H and O–H groups in total. The summed E-state index contributed by atoms with van der Waals surface area (Å²) in [5.74, 6) is -0.257. The van der Waals surface area contributed by atoms with E-state index in [0.29, 0.717) is 22.5 Å². The Morgan fingerprint density at radius 2 is 1.76 bits per heavy atom. The molecule has 7 heteroatoms. The summed E-state index contributed by atoms with van der Waals surface area (Å²) in [6.45, 7) is 0.0601. The zero-order valence-electron chi connectivity index (χ0n) is 13.0. The summed E-state index contributed by atoms with van der Waals surface area (Å²) in [7, 11) is 0. The van der Waals surface area contributed by atoms with Gasteiger partial charge >= 0.3 is 0 Å². The van der Waals surface area contributed by atoms with Gasteiger partial charge in [0.2, 0.25) is 11.9 Å². The maximum absolute atomic E-state index is 12.6. The third kappa shape index (κ3) is 2.65. The minimum absolute atomic E-state index is 0.0601. The second kappa shape index (κ2) is 5.86. The van der Waals surface area contributed by atoms with Gasteiger partial charge in [-0.2, -0.15) is 0 Å². The van der Waals surface area contributed by atoms with Crippen molar-refractivity contribution < 1.29 is 23.5 Å². The highest BCUT2D eigenvalue weighted by atomic mass is 16.6. The number of hydrogen-bond donors (Lipinski definition) is 2. The molecule has 0 fully saturated rings. The van der Waals surface area contributed by atoms with Gasteiger partial charge in [-0.1, -0.05) is 24.3 Å². The van der Waals surface area contributed by atoms with Crippen LogP contribution >= 0.6 is 0 Å². The fraction of sp³-hybridized carbons (Fsp3) is 0.111. The number of carbonyl (C=O) groups excluding carboxylic acids is 2. The Morgan fingerprint density at radius 1 is 1.04 bits per heavy atom. The van der Waals surface area contributed by atoms with Crippen LogP contribution in [0.15, 0.2) is 52.9 Å². The third-order valence-corrected chi connectivity index (χ3v) is 3.87. The number of hydrogen-bond acceptors (Lipinski definition) is 5. The Bertz CT molecular complexity index is 979. The average molecular weight is 338 g/mol. The molecule has 0 radical (unpaired) electrons. The lowest BCUT2D eigenvalue weighted by atomic mass is 10.2. The monoisotopic (exact) mass is 338 g/mol. The van der Waals surface area contributed by atoms with E-state index in [1.165, 1.54) is 0 Å². The van der Waals surface area contributed by atoms with Gasteiger partial charge in [-0.3, -0.25) is 9.59 Å². The fourth-order valence-corrected chi connectivity index (χ4v) is 2.70. The number of amides is 2. The SMILES string of the molecule is NC(=O)c1oc2ccccc2c1NC(=O)[C@@H]1COc2ccccc2O1. The van der Waals surface area contributed by atoms with Crippen LogP contribution in [-0.2, 0) is 4.79 Å². The second-order valence-corrected chi connectivity index (χ2v) is 5.52. The predicted molar refractivity (Wildman–Crippen MR) is 89.7 cm³/mol. The van der Waals surface area contributed by atoms with Gasteiger partial charge in [0.25, 0.3) is 11.8 Å². The van der Waals surface area contributed by atoms with Gasteiger partial charge in [-0.25, -0.2) is 0 Å². The minimum atomic E-state index is -0.857. The van der Waals surface area contributed by atoms with E-state index in [9.17, 15) is 9.59 Å². The number of benzene rings is 2. The Labute approximate surface area is 142 Å². The summed E-state index contributed by atoms with van der Waals surface area (Å²) in [4.78, 5) is 24.2. The number of fused-ring (bicyclic) bond motifs is 2. The van der Waals surface area contributed by atoms with Crippen molar-refractivity contribution in [1.29, 1.82) is 0 Å². The Kier molecular flexibility index (Phi) is 3.53. The van der Waals surface area contributed by atoms with Crippen LogP contribution in [0.1, 0.15) is 10.6 Å². The molecule has 126 valence electrons. The van der Waals surface area contributed by atoms with E-state index < -0.39 is 17.9 Å². The highest BCUT2D eigenvalue weighted by Gasteiger charge is 2.29. The van der Waals surface area contributed by atoms with Gasteiger partial charge in [0.05, 0.1) is 0 Å². The van der Waals surface area contributed by atoms with Gasteiger partial charge in [0.1, 0.15) is 17.9 Å². The molecule has 2 heterocycles.